The van der Waals surface area contributed by atoms with Crippen molar-refractivity contribution in [2.45, 2.75) is 20.3 Å². The van der Waals surface area contributed by atoms with E-state index in [1.54, 1.807) is 18.3 Å². The summed E-state index contributed by atoms with van der Waals surface area (Å²) in [6, 6.07) is 8.25. The molecule has 0 bridgehead atoms. The second-order valence-electron chi connectivity index (χ2n) is 3.87. The van der Waals surface area contributed by atoms with Gasteiger partial charge in [-0.05, 0) is 13.8 Å². The van der Waals surface area contributed by atoms with Crippen molar-refractivity contribution in [3.05, 3.63) is 40.2 Å². The summed E-state index contributed by atoms with van der Waals surface area (Å²) in [7, 11) is 0. The molecule has 0 aliphatic carbocycles. The molecule has 82 valence electrons. The molecule has 0 unspecified atom stereocenters. The fourth-order valence-electron chi connectivity index (χ4n) is 1.46. The maximum absolute atomic E-state index is 11.0. The van der Waals surface area contributed by atoms with Gasteiger partial charge in [0.2, 0.25) is 0 Å². The molecular weight excluding hydrogens is 218 g/mol. The third-order valence-electron chi connectivity index (χ3n) is 2.30. The molecule has 0 fully saturated rings. The molecule has 1 aromatic carbocycles. The van der Waals surface area contributed by atoms with Crippen molar-refractivity contribution in [2.24, 2.45) is 0 Å². The van der Waals surface area contributed by atoms with E-state index in [0.717, 1.165) is 16.3 Å². The van der Waals surface area contributed by atoms with Gasteiger partial charge in [0, 0.05) is 10.9 Å². The van der Waals surface area contributed by atoms with Crippen molar-refractivity contribution in [3.8, 4) is 11.3 Å². The fourth-order valence-corrected chi connectivity index (χ4v) is 2.34. The number of nitrogens with zero attached hydrogens (tertiary/aromatic N) is 1. The molecule has 2 nitrogen and oxygen atoms in total. The number of benzene rings is 1. The summed E-state index contributed by atoms with van der Waals surface area (Å²) in [4.78, 5) is 15.4. The van der Waals surface area contributed by atoms with Crippen LogP contribution in [0.4, 0.5) is 0 Å². The first kappa shape index (κ1) is 11.0. The quantitative estimate of drug-likeness (QED) is 0.811. The topological polar surface area (TPSA) is 30.0 Å². The zero-order valence-corrected chi connectivity index (χ0v) is 10.2. The zero-order chi connectivity index (χ0) is 11.5. The van der Waals surface area contributed by atoms with Gasteiger partial charge in [0.1, 0.15) is 10.8 Å². The molecule has 0 N–H and O–H groups in total. The van der Waals surface area contributed by atoms with Crippen LogP contribution in [0.15, 0.2) is 29.6 Å². The third-order valence-corrected chi connectivity index (χ3v) is 3.15. The maximum Gasteiger partial charge on any atom is 0.136 e. The van der Waals surface area contributed by atoms with Crippen molar-refractivity contribution in [1.29, 1.82) is 0 Å². The van der Waals surface area contributed by atoms with E-state index in [4.69, 9.17) is 0 Å². The first-order valence-electron chi connectivity index (χ1n) is 5.16. The van der Waals surface area contributed by atoms with Gasteiger partial charge >= 0.3 is 0 Å². The van der Waals surface area contributed by atoms with E-state index in [0.29, 0.717) is 6.42 Å². The zero-order valence-electron chi connectivity index (χ0n) is 9.36. The monoisotopic (exact) mass is 231 g/mol. The lowest BCUT2D eigenvalue weighted by molar-refractivity contribution is -0.116. The predicted molar refractivity (Wildman–Crippen MR) is 66.7 cm³/mol. The molecule has 1 heterocycles. The smallest absolute Gasteiger partial charge is 0.136 e. The van der Waals surface area contributed by atoms with E-state index >= 15 is 0 Å². The molecule has 0 aliphatic heterocycles. The summed E-state index contributed by atoms with van der Waals surface area (Å²) < 4.78 is 0. The van der Waals surface area contributed by atoms with Gasteiger partial charge in [-0.25, -0.2) is 4.98 Å². The molecular formula is C13H13NOS. The van der Waals surface area contributed by atoms with E-state index in [1.807, 2.05) is 5.38 Å². The summed E-state index contributed by atoms with van der Waals surface area (Å²) in [6.45, 7) is 3.65. The lowest BCUT2D eigenvalue weighted by Crippen LogP contribution is -1.95. The van der Waals surface area contributed by atoms with Crippen molar-refractivity contribution < 1.29 is 4.79 Å². The Morgan fingerprint density at radius 3 is 2.62 bits per heavy atom. The molecule has 0 amide bonds. The van der Waals surface area contributed by atoms with Gasteiger partial charge < -0.3 is 0 Å². The van der Waals surface area contributed by atoms with Crippen molar-refractivity contribution in [1.82, 2.24) is 4.98 Å². The lowest BCUT2D eigenvalue weighted by atomic mass is 10.1. The molecule has 2 rings (SSSR count). The van der Waals surface area contributed by atoms with E-state index < -0.39 is 0 Å². The number of carbonyl (C=O) groups is 1. The van der Waals surface area contributed by atoms with Gasteiger partial charge in [0.25, 0.3) is 0 Å². The second-order valence-corrected chi connectivity index (χ2v) is 4.81. The minimum atomic E-state index is 0.157. The average Bonchev–Trinajstić information content (AvgIpc) is 2.66. The largest absolute Gasteiger partial charge is 0.300 e. The molecule has 0 aliphatic rings. The number of rotatable bonds is 3. The Hall–Kier alpha value is -1.48. The number of hydrogen-bond acceptors (Lipinski definition) is 3. The van der Waals surface area contributed by atoms with Gasteiger partial charge in [-0.15, -0.1) is 11.3 Å². The molecule has 0 radical (unpaired) electrons. The van der Waals surface area contributed by atoms with Crippen LogP contribution < -0.4 is 0 Å². The standard InChI is InChI=1S/C13H13NOS/c1-9-3-5-11(6-4-9)12-8-16-13(14-12)7-10(2)15/h3-6,8H,7H2,1-2H3. The summed E-state index contributed by atoms with van der Waals surface area (Å²) in [5.74, 6) is 0.157. The molecule has 0 atom stereocenters. The van der Waals surface area contributed by atoms with Crippen LogP contribution in [0.25, 0.3) is 11.3 Å². The lowest BCUT2D eigenvalue weighted by Gasteiger charge is -1.96. The summed E-state index contributed by atoms with van der Waals surface area (Å²) in [6.07, 6.45) is 0.441. The van der Waals surface area contributed by atoms with Gasteiger partial charge in [-0.3, -0.25) is 4.79 Å². The number of Topliss-reactive ketones (excluding diaryl/α,β-unsaturated/α-hetero) is 1. The molecule has 2 aromatic rings. The van der Waals surface area contributed by atoms with E-state index in [9.17, 15) is 4.79 Å². The van der Waals surface area contributed by atoms with Crippen molar-refractivity contribution in [2.75, 3.05) is 0 Å². The SMILES string of the molecule is CC(=O)Cc1nc(-c2ccc(C)cc2)cs1. The number of ketones is 1. The van der Waals surface area contributed by atoms with Crippen molar-refractivity contribution in [3.63, 3.8) is 0 Å². The summed E-state index contributed by atoms with van der Waals surface area (Å²) in [5.41, 5.74) is 3.31. The Bertz CT molecular complexity index is 499. The highest BCUT2D eigenvalue weighted by molar-refractivity contribution is 7.10. The van der Waals surface area contributed by atoms with Crippen LogP contribution in [-0.2, 0) is 11.2 Å². The number of thiazole rings is 1. The fraction of sp³-hybridized carbons (Fsp3) is 0.231. The van der Waals surface area contributed by atoms with Gasteiger partial charge in [-0.1, -0.05) is 29.8 Å². The Labute approximate surface area is 99.0 Å². The Kier molecular flexibility index (Phi) is 3.15. The third kappa shape index (κ3) is 2.55. The molecule has 0 saturated carbocycles. The molecule has 0 spiro atoms. The number of hydrogen-bond donors (Lipinski definition) is 0. The van der Waals surface area contributed by atoms with Crippen LogP contribution in [0.5, 0.6) is 0 Å². The molecule has 0 saturated heterocycles. The Morgan fingerprint density at radius 1 is 1.31 bits per heavy atom. The Morgan fingerprint density at radius 2 is 2.00 bits per heavy atom. The molecule has 16 heavy (non-hydrogen) atoms. The summed E-state index contributed by atoms with van der Waals surface area (Å²) in [5, 5.41) is 2.89. The van der Waals surface area contributed by atoms with Crippen molar-refractivity contribution >= 4 is 17.1 Å². The minimum absolute atomic E-state index is 0.157. The average molecular weight is 231 g/mol. The van der Waals surface area contributed by atoms with E-state index in [1.165, 1.54) is 5.56 Å². The van der Waals surface area contributed by atoms with Gasteiger partial charge in [-0.2, -0.15) is 0 Å². The van der Waals surface area contributed by atoms with E-state index in [2.05, 4.69) is 36.2 Å². The number of aryl methyl sites for hydroxylation is 1. The van der Waals surface area contributed by atoms with Crippen LogP contribution in [0.1, 0.15) is 17.5 Å². The molecule has 1 aromatic heterocycles. The number of carbonyl (C=O) groups excluding carboxylic acids is 1. The minimum Gasteiger partial charge on any atom is -0.300 e. The molecule has 3 heteroatoms. The first-order chi connectivity index (χ1) is 7.65. The Balaban J connectivity index is 2.24. The maximum atomic E-state index is 11.0. The predicted octanol–water partition coefficient (Wildman–Crippen LogP) is 3.25. The van der Waals surface area contributed by atoms with Gasteiger partial charge in [0.15, 0.2) is 0 Å². The highest BCUT2D eigenvalue weighted by Gasteiger charge is 2.05. The van der Waals surface area contributed by atoms with Crippen LogP contribution in [0, 0.1) is 6.92 Å². The van der Waals surface area contributed by atoms with Crippen LogP contribution in [0.2, 0.25) is 0 Å². The van der Waals surface area contributed by atoms with Gasteiger partial charge in [0.05, 0.1) is 12.1 Å². The summed E-state index contributed by atoms with van der Waals surface area (Å²) >= 11 is 1.54. The second kappa shape index (κ2) is 4.58. The highest BCUT2D eigenvalue weighted by Crippen LogP contribution is 2.22. The van der Waals surface area contributed by atoms with Crippen LogP contribution in [0.3, 0.4) is 0 Å². The van der Waals surface area contributed by atoms with Crippen LogP contribution >= 0.6 is 11.3 Å². The highest BCUT2D eigenvalue weighted by atomic mass is 32.1. The number of aromatic nitrogens is 1. The van der Waals surface area contributed by atoms with E-state index in [-0.39, 0.29) is 5.78 Å². The van der Waals surface area contributed by atoms with Crippen LogP contribution in [-0.4, -0.2) is 10.8 Å². The normalized spacial score (nSPS) is 10.4. The first-order valence-corrected chi connectivity index (χ1v) is 6.04.